The van der Waals surface area contributed by atoms with Crippen LogP contribution in [0, 0.1) is 6.92 Å². The van der Waals surface area contributed by atoms with Crippen molar-refractivity contribution in [2.75, 3.05) is 11.5 Å². The zero-order chi connectivity index (χ0) is 11.0. The molecule has 1 saturated heterocycles. The smallest absolute Gasteiger partial charge is 0.421 e. The van der Waals surface area contributed by atoms with Gasteiger partial charge in [-0.3, -0.25) is 4.79 Å². The molecule has 5 heteroatoms. The third-order valence-corrected chi connectivity index (χ3v) is 2.64. The van der Waals surface area contributed by atoms with Gasteiger partial charge in [0.2, 0.25) is 0 Å². The average Bonchev–Trinajstić information content (AvgIpc) is 2.48. The molecule has 0 radical (unpaired) electrons. The molecule has 1 aliphatic heterocycles. The molecule has 2 rings (SSSR count). The summed E-state index contributed by atoms with van der Waals surface area (Å²) in [4.78, 5) is 23.7. The second kappa shape index (κ2) is 3.66. The van der Waals surface area contributed by atoms with E-state index >= 15 is 0 Å². The molecule has 0 aromatic heterocycles. The SMILES string of the molecule is Cc1cc(Br)ccc1N1C(=O)COC1=O. The number of rotatable bonds is 1. The number of anilines is 1. The van der Waals surface area contributed by atoms with Crippen LogP contribution in [0.5, 0.6) is 0 Å². The summed E-state index contributed by atoms with van der Waals surface area (Å²) in [6.07, 6.45) is -0.606. The first-order chi connectivity index (χ1) is 7.09. The maximum atomic E-state index is 11.4. The molecule has 15 heavy (non-hydrogen) atoms. The molecule has 2 amide bonds. The van der Waals surface area contributed by atoms with Crippen molar-refractivity contribution in [3.05, 3.63) is 28.2 Å². The summed E-state index contributed by atoms with van der Waals surface area (Å²) in [6.45, 7) is 1.66. The molecule has 1 aromatic carbocycles. The van der Waals surface area contributed by atoms with E-state index in [2.05, 4.69) is 20.7 Å². The lowest BCUT2D eigenvalue weighted by Crippen LogP contribution is -2.29. The quantitative estimate of drug-likeness (QED) is 0.786. The van der Waals surface area contributed by atoms with Gasteiger partial charge in [0.05, 0.1) is 5.69 Å². The summed E-state index contributed by atoms with van der Waals surface area (Å²) >= 11 is 3.32. The van der Waals surface area contributed by atoms with Crippen LogP contribution in [0.2, 0.25) is 0 Å². The second-order valence-electron chi connectivity index (χ2n) is 3.21. The van der Waals surface area contributed by atoms with E-state index in [4.69, 9.17) is 0 Å². The number of carbonyl (C=O) groups excluding carboxylic acids is 2. The molecule has 1 aromatic rings. The molecule has 0 bridgehead atoms. The molecule has 1 heterocycles. The molecule has 0 aliphatic carbocycles. The molecule has 0 unspecified atom stereocenters. The fourth-order valence-corrected chi connectivity index (χ4v) is 1.93. The summed E-state index contributed by atoms with van der Waals surface area (Å²) in [5, 5.41) is 0. The van der Waals surface area contributed by atoms with E-state index in [9.17, 15) is 9.59 Å². The van der Waals surface area contributed by atoms with Gasteiger partial charge in [-0.1, -0.05) is 15.9 Å². The molecular weight excluding hydrogens is 262 g/mol. The number of carbonyl (C=O) groups is 2. The van der Waals surface area contributed by atoms with Crippen molar-refractivity contribution in [1.29, 1.82) is 0 Å². The van der Waals surface area contributed by atoms with Crippen LogP contribution < -0.4 is 4.90 Å². The molecule has 0 saturated carbocycles. The van der Waals surface area contributed by atoms with Gasteiger partial charge >= 0.3 is 6.09 Å². The number of cyclic esters (lactones) is 1. The predicted molar refractivity (Wildman–Crippen MR) is 57.7 cm³/mol. The summed E-state index contributed by atoms with van der Waals surface area (Å²) in [7, 11) is 0. The maximum Gasteiger partial charge on any atom is 0.421 e. The fraction of sp³-hybridized carbons (Fsp3) is 0.200. The van der Waals surface area contributed by atoms with Crippen LogP contribution in [-0.4, -0.2) is 18.6 Å². The van der Waals surface area contributed by atoms with Crippen molar-refractivity contribution in [3.63, 3.8) is 0 Å². The topological polar surface area (TPSA) is 46.6 Å². The fourth-order valence-electron chi connectivity index (χ4n) is 1.46. The molecule has 1 fully saturated rings. The zero-order valence-corrected chi connectivity index (χ0v) is 9.58. The van der Waals surface area contributed by atoms with Gasteiger partial charge in [0.15, 0.2) is 6.61 Å². The number of imide groups is 1. The Morgan fingerprint density at radius 1 is 1.40 bits per heavy atom. The number of ether oxygens (including phenoxy) is 1. The normalized spacial score (nSPS) is 15.7. The van der Waals surface area contributed by atoms with E-state index in [0.29, 0.717) is 5.69 Å². The van der Waals surface area contributed by atoms with Crippen molar-refractivity contribution in [1.82, 2.24) is 0 Å². The Balaban J connectivity index is 2.45. The summed E-state index contributed by atoms with van der Waals surface area (Å²) in [6, 6.07) is 5.33. The lowest BCUT2D eigenvalue weighted by atomic mass is 10.2. The van der Waals surface area contributed by atoms with Gasteiger partial charge < -0.3 is 4.74 Å². The van der Waals surface area contributed by atoms with E-state index in [0.717, 1.165) is 14.9 Å². The number of amides is 2. The standard InChI is InChI=1S/C10H8BrNO3/c1-6-4-7(11)2-3-8(6)12-9(13)5-15-10(12)14/h2-4H,5H2,1H3. The van der Waals surface area contributed by atoms with Gasteiger partial charge in [0, 0.05) is 4.47 Å². The first-order valence-corrected chi connectivity index (χ1v) is 5.15. The molecule has 1 aliphatic rings. The Kier molecular flexibility index (Phi) is 2.48. The van der Waals surface area contributed by atoms with Crippen molar-refractivity contribution >= 4 is 33.6 Å². The second-order valence-corrected chi connectivity index (χ2v) is 4.13. The summed E-state index contributed by atoms with van der Waals surface area (Å²) in [5.74, 6) is -0.328. The van der Waals surface area contributed by atoms with Gasteiger partial charge in [0.1, 0.15) is 0 Å². The van der Waals surface area contributed by atoms with Crippen LogP contribution in [0.4, 0.5) is 10.5 Å². The van der Waals surface area contributed by atoms with Crippen LogP contribution in [-0.2, 0) is 9.53 Å². The first kappa shape index (κ1) is 10.2. The molecular formula is C10H8BrNO3. The van der Waals surface area contributed by atoms with Crippen molar-refractivity contribution in [2.45, 2.75) is 6.92 Å². The number of hydrogen-bond donors (Lipinski definition) is 0. The first-order valence-electron chi connectivity index (χ1n) is 4.35. The number of hydrogen-bond acceptors (Lipinski definition) is 3. The van der Waals surface area contributed by atoms with Crippen LogP contribution in [0.3, 0.4) is 0 Å². The van der Waals surface area contributed by atoms with Gasteiger partial charge in [-0.05, 0) is 30.7 Å². The highest BCUT2D eigenvalue weighted by Gasteiger charge is 2.33. The van der Waals surface area contributed by atoms with Crippen LogP contribution in [0.25, 0.3) is 0 Å². The third kappa shape index (κ3) is 1.74. The molecule has 4 nitrogen and oxygen atoms in total. The van der Waals surface area contributed by atoms with Crippen molar-refractivity contribution < 1.29 is 14.3 Å². The Hall–Kier alpha value is -1.36. The van der Waals surface area contributed by atoms with Crippen LogP contribution in [0.1, 0.15) is 5.56 Å². The Morgan fingerprint density at radius 2 is 2.13 bits per heavy atom. The molecule has 0 atom stereocenters. The third-order valence-electron chi connectivity index (χ3n) is 2.15. The molecule has 0 spiro atoms. The summed E-state index contributed by atoms with van der Waals surface area (Å²) in [5.41, 5.74) is 1.42. The minimum absolute atomic E-state index is 0.172. The lowest BCUT2D eigenvalue weighted by Gasteiger charge is -2.13. The average molecular weight is 270 g/mol. The molecule has 78 valence electrons. The number of nitrogens with zero attached hydrogens (tertiary/aromatic N) is 1. The predicted octanol–water partition coefficient (Wildman–Crippen LogP) is 2.24. The number of halogens is 1. The minimum Gasteiger partial charge on any atom is -0.439 e. The highest BCUT2D eigenvalue weighted by molar-refractivity contribution is 9.10. The van der Waals surface area contributed by atoms with Crippen LogP contribution in [0.15, 0.2) is 22.7 Å². The highest BCUT2D eigenvalue weighted by atomic mass is 79.9. The summed E-state index contributed by atoms with van der Waals surface area (Å²) < 4.78 is 5.55. The Labute approximate surface area is 94.9 Å². The van der Waals surface area contributed by atoms with Crippen molar-refractivity contribution in [2.24, 2.45) is 0 Å². The Morgan fingerprint density at radius 3 is 2.67 bits per heavy atom. The van der Waals surface area contributed by atoms with E-state index in [1.807, 2.05) is 13.0 Å². The number of benzene rings is 1. The molecule has 0 N–H and O–H groups in total. The lowest BCUT2D eigenvalue weighted by molar-refractivity contribution is -0.117. The monoisotopic (exact) mass is 269 g/mol. The van der Waals surface area contributed by atoms with Gasteiger partial charge in [-0.25, -0.2) is 9.69 Å². The zero-order valence-electron chi connectivity index (χ0n) is 7.99. The van der Waals surface area contributed by atoms with E-state index in [1.165, 1.54) is 0 Å². The largest absolute Gasteiger partial charge is 0.439 e. The van der Waals surface area contributed by atoms with Crippen molar-refractivity contribution in [3.8, 4) is 0 Å². The van der Waals surface area contributed by atoms with E-state index < -0.39 is 6.09 Å². The Bertz CT molecular complexity index is 428. The maximum absolute atomic E-state index is 11.4. The van der Waals surface area contributed by atoms with Gasteiger partial charge in [-0.2, -0.15) is 0 Å². The number of aryl methyl sites for hydroxylation is 1. The van der Waals surface area contributed by atoms with E-state index in [1.54, 1.807) is 12.1 Å². The van der Waals surface area contributed by atoms with Gasteiger partial charge in [-0.15, -0.1) is 0 Å². The van der Waals surface area contributed by atoms with Crippen LogP contribution >= 0.6 is 15.9 Å². The highest BCUT2D eigenvalue weighted by Crippen LogP contribution is 2.26. The minimum atomic E-state index is -0.606. The van der Waals surface area contributed by atoms with Gasteiger partial charge in [0.25, 0.3) is 5.91 Å². The van der Waals surface area contributed by atoms with E-state index in [-0.39, 0.29) is 12.5 Å².